The highest BCUT2D eigenvalue weighted by Crippen LogP contribution is 2.48. The molecule has 1 saturated carbocycles. The smallest absolute Gasteiger partial charge is 0.0508 e. The Labute approximate surface area is 95.6 Å². The van der Waals surface area contributed by atoms with E-state index in [9.17, 15) is 0 Å². The van der Waals surface area contributed by atoms with Crippen molar-refractivity contribution in [3.05, 3.63) is 23.8 Å². The molecule has 3 rings (SSSR count). The van der Waals surface area contributed by atoms with Gasteiger partial charge in [-0.05, 0) is 36.8 Å². The molecular formula is C13H17NS. The fourth-order valence-electron chi connectivity index (χ4n) is 2.54. The zero-order valence-electron chi connectivity index (χ0n) is 9.18. The van der Waals surface area contributed by atoms with Crippen LogP contribution in [0.15, 0.2) is 23.1 Å². The summed E-state index contributed by atoms with van der Waals surface area (Å²) < 4.78 is 0. The molecule has 1 N–H and O–H groups in total. The van der Waals surface area contributed by atoms with Crippen molar-refractivity contribution in [3.8, 4) is 0 Å². The lowest BCUT2D eigenvalue weighted by molar-refractivity contribution is 0.187. The fourth-order valence-corrected chi connectivity index (χ4v) is 3.95. The van der Waals surface area contributed by atoms with Crippen LogP contribution in [0.5, 0.6) is 0 Å². The summed E-state index contributed by atoms with van der Waals surface area (Å²) in [7, 11) is 0. The van der Waals surface area contributed by atoms with Gasteiger partial charge in [-0.15, -0.1) is 11.8 Å². The minimum absolute atomic E-state index is 0.607. The molecule has 80 valence electrons. The molecule has 1 nitrogen and oxygen atoms in total. The third kappa shape index (κ3) is 1.55. The second-order valence-electron chi connectivity index (χ2n) is 4.94. The first-order chi connectivity index (χ1) is 7.29. The van der Waals surface area contributed by atoms with E-state index in [4.69, 9.17) is 0 Å². The molecule has 15 heavy (non-hydrogen) atoms. The van der Waals surface area contributed by atoms with Gasteiger partial charge < -0.3 is 5.32 Å². The number of para-hydroxylation sites is 1. The van der Waals surface area contributed by atoms with E-state index >= 15 is 0 Å². The van der Waals surface area contributed by atoms with Crippen molar-refractivity contribution >= 4 is 17.4 Å². The van der Waals surface area contributed by atoms with Crippen molar-refractivity contribution in [2.24, 2.45) is 5.41 Å². The predicted molar refractivity (Wildman–Crippen MR) is 66.7 cm³/mol. The Morgan fingerprint density at radius 2 is 2.20 bits per heavy atom. The summed E-state index contributed by atoms with van der Waals surface area (Å²) in [5.41, 5.74) is 3.37. The second kappa shape index (κ2) is 3.44. The molecule has 0 aromatic heterocycles. The van der Waals surface area contributed by atoms with Crippen LogP contribution in [0.25, 0.3) is 0 Å². The molecule has 0 saturated heterocycles. The molecule has 0 unspecified atom stereocenters. The lowest BCUT2D eigenvalue weighted by Crippen LogP contribution is -2.37. The van der Waals surface area contributed by atoms with Gasteiger partial charge in [-0.2, -0.15) is 0 Å². The molecule has 2 heteroatoms. The van der Waals surface area contributed by atoms with E-state index in [0.717, 1.165) is 0 Å². The van der Waals surface area contributed by atoms with E-state index in [0.29, 0.717) is 5.41 Å². The highest BCUT2D eigenvalue weighted by Gasteiger charge is 2.38. The van der Waals surface area contributed by atoms with Crippen LogP contribution in [-0.4, -0.2) is 12.3 Å². The number of benzene rings is 1. The second-order valence-corrected chi connectivity index (χ2v) is 5.96. The minimum Gasteiger partial charge on any atom is -0.383 e. The minimum atomic E-state index is 0.607. The standard InChI is InChI=1S/C13H17NS/c1-10-4-2-5-11-12(10)14-8-13(9-15-11)6-3-7-13/h2,4-5,14H,3,6-9H2,1H3. The Morgan fingerprint density at radius 3 is 2.93 bits per heavy atom. The zero-order valence-corrected chi connectivity index (χ0v) is 9.99. The van der Waals surface area contributed by atoms with Gasteiger partial charge in [0.1, 0.15) is 0 Å². The van der Waals surface area contributed by atoms with Gasteiger partial charge in [0.2, 0.25) is 0 Å². The normalized spacial score (nSPS) is 22.5. The van der Waals surface area contributed by atoms with E-state index in [1.165, 1.54) is 47.7 Å². The molecule has 1 spiro atoms. The fraction of sp³-hybridized carbons (Fsp3) is 0.538. The number of rotatable bonds is 0. The molecular weight excluding hydrogens is 202 g/mol. The van der Waals surface area contributed by atoms with Crippen molar-refractivity contribution < 1.29 is 0 Å². The van der Waals surface area contributed by atoms with Crippen molar-refractivity contribution in [1.82, 2.24) is 0 Å². The Kier molecular flexibility index (Phi) is 2.20. The molecule has 0 radical (unpaired) electrons. The van der Waals surface area contributed by atoms with Crippen molar-refractivity contribution in [2.45, 2.75) is 31.1 Å². The molecule has 1 aliphatic heterocycles. The molecule has 1 fully saturated rings. The van der Waals surface area contributed by atoms with Gasteiger partial charge in [-0.3, -0.25) is 0 Å². The number of fused-ring (bicyclic) bond motifs is 1. The number of aryl methyl sites for hydroxylation is 1. The van der Waals surface area contributed by atoms with Gasteiger partial charge in [0.05, 0.1) is 5.69 Å². The van der Waals surface area contributed by atoms with Gasteiger partial charge in [0.15, 0.2) is 0 Å². The topological polar surface area (TPSA) is 12.0 Å². The van der Waals surface area contributed by atoms with E-state index in [2.05, 4.69) is 30.4 Å². The summed E-state index contributed by atoms with van der Waals surface area (Å²) >= 11 is 2.04. The highest BCUT2D eigenvalue weighted by atomic mass is 32.2. The van der Waals surface area contributed by atoms with Crippen LogP contribution in [0, 0.1) is 12.3 Å². The lowest BCUT2D eigenvalue weighted by atomic mass is 9.70. The van der Waals surface area contributed by atoms with Crippen LogP contribution >= 0.6 is 11.8 Å². The van der Waals surface area contributed by atoms with Crippen LogP contribution in [0.4, 0.5) is 5.69 Å². The molecule has 1 aliphatic carbocycles. The third-order valence-corrected chi connectivity index (χ3v) is 5.23. The van der Waals surface area contributed by atoms with E-state index in [1.54, 1.807) is 0 Å². The van der Waals surface area contributed by atoms with Gasteiger partial charge in [-0.25, -0.2) is 0 Å². The maximum Gasteiger partial charge on any atom is 0.0508 e. The Bertz CT molecular complexity index is 382. The van der Waals surface area contributed by atoms with Gasteiger partial charge in [-0.1, -0.05) is 18.6 Å². The van der Waals surface area contributed by atoms with Crippen LogP contribution in [-0.2, 0) is 0 Å². The summed E-state index contributed by atoms with van der Waals surface area (Å²) in [6.07, 6.45) is 4.26. The van der Waals surface area contributed by atoms with Crippen molar-refractivity contribution in [1.29, 1.82) is 0 Å². The maximum absolute atomic E-state index is 3.67. The van der Waals surface area contributed by atoms with Crippen LogP contribution in [0.1, 0.15) is 24.8 Å². The lowest BCUT2D eigenvalue weighted by Gasteiger charge is -2.40. The first kappa shape index (κ1) is 9.59. The average molecular weight is 219 g/mol. The molecule has 0 bridgehead atoms. The average Bonchev–Trinajstić information content (AvgIpc) is 2.37. The Morgan fingerprint density at radius 1 is 1.33 bits per heavy atom. The Hall–Kier alpha value is -0.630. The summed E-state index contributed by atoms with van der Waals surface area (Å²) in [5.74, 6) is 1.30. The quantitative estimate of drug-likeness (QED) is 0.714. The Balaban J connectivity index is 1.91. The van der Waals surface area contributed by atoms with E-state index in [1.807, 2.05) is 11.8 Å². The molecule has 1 heterocycles. The highest BCUT2D eigenvalue weighted by molar-refractivity contribution is 7.99. The monoisotopic (exact) mass is 219 g/mol. The number of hydrogen-bond donors (Lipinski definition) is 1. The van der Waals surface area contributed by atoms with Crippen LogP contribution in [0.2, 0.25) is 0 Å². The van der Waals surface area contributed by atoms with Gasteiger partial charge in [0.25, 0.3) is 0 Å². The summed E-state index contributed by atoms with van der Waals surface area (Å²) in [5, 5.41) is 3.67. The van der Waals surface area contributed by atoms with Crippen molar-refractivity contribution in [3.63, 3.8) is 0 Å². The van der Waals surface area contributed by atoms with E-state index in [-0.39, 0.29) is 0 Å². The third-order valence-electron chi connectivity index (χ3n) is 3.82. The number of anilines is 1. The maximum atomic E-state index is 3.67. The predicted octanol–water partition coefficient (Wildman–Crippen LogP) is 3.68. The first-order valence-electron chi connectivity index (χ1n) is 5.75. The molecule has 1 aromatic rings. The summed E-state index contributed by atoms with van der Waals surface area (Å²) in [4.78, 5) is 1.44. The van der Waals surface area contributed by atoms with Gasteiger partial charge in [0, 0.05) is 17.2 Å². The molecule has 2 aliphatic rings. The zero-order chi connectivity index (χ0) is 10.3. The SMILES string of the molecule is Cc1cccc2c1NCC1(CCC1)CS2. The van der Waals surface area contributed by atoms with Crippen LogP contribution in [0.3, 0.4) is 0 Å². The molecule has 0 atom stereocenters. The summed E-state index contributed by atoms with van der Waals surface area (Å²) in [6, 6.07) is 6.62. The number of hydrogen-bond acceptors (Lipinski definition) is 2. The first-order valence-corrected chi connectivity index (χ1v) is 6.74. The number of thioether (sulfide) groups is 1. The number of nitrogens with one attached hydrogen (secondary N) is 1. The summed E-state index contributed by atoms with van der Waals surface area (Å²) in [6.45, 7) is 3.38. The van der Waals surface area contributed by atoms with E-state index < -0.39 is 0 Å². The van der Waals surface area contributed by atoms with Crippen molar-refractivity contribution in [2.75, 3.05) is 17.6 Å². The van der Waals surface area contributed by atoms with Gasteiger partial charge >= 0.3 is 0 Å². The largest absolute Gasteiger partial charge is 0.383 e. The molecule has 0 amide bonds. The van der Waals surface area contributed by atoms with Crippen LogP contribution < -0.4 is 5.32 Å². The molecule has 1 aromatic carbocycles.